The van der Waals surface area contributed by atoms with E-state index < -0.39 is 5.60 Å². The van der Waals surface area contributed by atoms with Crippen LogP contribution in [0.1, 0.15) is 33.1 Å². The quantitative estimate of drug-likeness (QED) is 0.713. The van der Waals surface area contributed by atoms with Gasteiger partial charge in [-0.3, -0.25) is 19.3 Å². The normalized spacial score (nSPS) is 22.1. The van der Waals surface area contributed by atoms with E-state index in [1.54, 1.807) is 4.90 Å². The van der Waals surface area contributed by atoms with Gasteiger partial charge >= 0.3 is 0 Å². The lowest BCUT2D eigenvalue weighted by Gasteiger charge is -2.49. The van der Waals surface area contributed by atoms with Crippen molar-refractivity contribution in [2.75, 3.05) is 19.6 Å². The Hall–Kier alpha value is -1.43. The van der Waals surface area contributed by atoms with Gasteiger partial charge in [-0.05, 0) is 5.92 Å². The molecule has 2 aliphatic rings. The topological polar surface area (TPSA) is 77.9 Å². The largest absolute Gasteiger partial charge is 0.386 e. The highest BCUT2D eigenvalue weighted by Gasteiger charge is 2.45. The van der Waals surface area contributed by atoms with Crippen molar-refractivity contribution >= 4 is 17.7 Å². The summed E-state index contributed by atoms with van der Waals surface area (Å²) in [6.45, 7) is 4.68. The molecule has 0 unspecified atom stereocenters. The van der Waals surface area contributed by atoms with Crippen LogP contribution in [0.2, 0.25) is 0 Å². The van der Waals surface area contributed by atoms with Crippen LogP contribution in [0, 0.1) is 5.92 Å². The van der Waals surface area contributed by atoms with Crippen LogP contribution in [-0.2, 0) is 14.4 Å². The zero-order valence-electron chi connectivity index (χ0n) is 11.4. The average molecular weight is 268 g/mol. The number of β-amino-alcohol motifs (C(OH)–C–C–N with tert-alkyl or cyclic N) is 1. The number of nitrogens with zero attached hydrogens (tertiary/aromatic N) is 2. The standard InChI is InChI=1S/C13H20N2O4/c1-9(2)13(19)7-14(8-13)10(16)5-6-15-11(17)3-4-12(15)18/h9,19H,3-8H2,1-2H3. The second kappa shape index (κ2) is 4.92. The molecule has 3 amide bonds. The zero-order valence-corrected chi connectivity index (χ0v) is 11.4. The third-order valence-corrected chi connectivity index (χ3v) is 4.06. The van der Waals surface area contributed by atoms with Crippen LogP contribution < -0.4 is 0 Å². The van der Waals surface area contributed by atoms with Crippen LogP contribution in [-0.4, -0.2) is 57.9 Å². The van der Waals surface area contributed by atoms with Crippen molar-refractivity contribution in [3.8, 4) is 0 Å². The zero-order chi connectivity index (χ0) is 14.2. The van der Waals surface area contributed by atoms with Gasteiger partial charge in [0.15, 0.2) is 0 Å². The molecule has 2 fully saturated rings. The molecule has 2 rings (SSSR count). The fraction of sp³-hybridized carbons (Fsp3) is 0.769. The second-order valence-electron chi connectivity index (χ2n) is 5.70. The van der Waals surface area contributed by atoms with E-state index >= 15 is 0 Å². The monoisotopic (exact) mass is 268 g/mol. The lowest BCUT2D eigenvalue weighted by molar-refractivity contribution is -0.164. The minimum absolute atomic E-state index is 0.110. The first-order valence-corrected chi connectivity index (χ1v) is 6.67. The molecule has 0 aromatic rings. The molecule has 1 N–H and O–H groups in total. The summed E-state index contributed by atoms with van der Waals surface area (Å²) < 4.78 is 0. The molecule has 0 aliphatic carbocycles. The number of aliphatic hydroxyl groups is 1. The molecule has 0 bridgehead atoms. The minimum atomic E-state index is -0.783. The van der Waals surface area contributed by atoms with Crippen LogP contribution in [0.15, 0.2) is 0 Å². The molecule has 6 nitrogen and oxygen atoms in total. The fourth-order valence-electron chi connectivity index (χ4n) is 2.39. The third kappa shape index (κ3) is 2.63. The van der Waals surface area contributed by atoms with E-state index in [1.807, 2.05) is 13.8 Å². The summed E-state index contributed by atoms with van der Waals surface area (Å²) in [5.74, 6) is -0.392. The SMILES string of the molecule is CC(C)C1(O)CN(C(=O)CCN2C(=O)CCC2=O)C1. The Balaban J connectivity index is 1.78. The average Bonchev–Trinajstić information content (AvgIpc) is 2.62. The van der Waals surface area contributed by atoms with Crippen molar-refractivity contribution in [2.24, 2.45) is 5.92 Å². The molecule has 0 atom stereocenters. The van der Waals surface area contributed by atoms with Gasteiger partial charge in [-0.2, -0.15) is 0 Å². The summed E-state index contributed by atoms with van der Waals surface area (Å²) in [5.41, 5.74) is -0.783. The van der Waals surface area contributed by atoms with Gasteiger partial charge in [0.05, 0.1) is 13.1 Å². The summed E-state index contributed by atoms with van der Waals surface area (Å²) >= 11 is 0. The van der Waals surface area contributed by atoms with E-state index in [2.05, 4.69) is 0 Å². The first-order chi connectivity index (χ1) is 8.83. The van der Waals surface area contributed by atoms with Crippen LogP contribution in [0.3, 0.4) is 0 Å². The smallest absolute Gasteiger partial charge is 0.229 e. The number of carbonyl (C=O) groups excluding carboxylic acids is 3. The molecule has 0 aromatic heterocycles. The molecule has 0 radical (unpaired) electrons. The Bertz CT molecular complexity index is 397. The highest BCUT2D eigenvalue weighted by molar-refractivity contribution is 6.02. The van der Waals surface area contributed by atoms with Gasteiger partial charge in [0.2, 0.25) is 17.7 Å². The molecule has 0 spiro atoms. The summed E-state index contributed by atoms with van der Waals surface area (Å²) in [7, 11) is 0. The Labute approximate surface area is 112 Å². The lowest BCUT2D eigenvalue weighted by atomic mass is 9.83. The summed E-state index contributed by atoms with van der Waals surface area (Å²) in [6, 6.07) is 0. The Morgan fingerprint density at radius 2 is 1.79 bits per heavy atom. The lowest BCUT2D eigenvalue weighted by Crippen LogP contribution is -2.66. The molecule has 19 heavy (non-hydrogen) atoms. The summed E-state index contributed by atoms with van der Waals surface area (Å²) in [6.07, 6.45) is 0.652. The number of likely N-dealkylation sites (tertiary alicyclic amines) is 2. The number of hydrogen-bond acceptors (Lipinski definition) is 4. The van der Waals surface area contributed by atoms with Crippen LogP contribution in [0.4, 0.5) is 0 Å². The highest BCUT2D eigenvalue weighted by atomic mass is 16.3. The Morgan fingerprint density at radius 1 is 1.26 bits per heavy atom. The van der Waals surface area contributed by atoms with Crippen molar-refractivity contribution < 1.29 is 19.5 Å². The third-order valence-electron chi connectivity index (χ3n) is 4.06. The maximum absolute atomic E-state index is 11.9. The van der Waals surface area contributed by atoms with Gasteiger partial charge in [0.1, 0.15) is 5.60 Å². The van der Waals surface area contributed by atoms with Crippen molar-refractivity contribution in [3.05, 3.63) is 0 Å². The number of imide groups is 1. The van der Waals surface area contributed by atoms with Gasteiger partial charge in [0.25, 0.3) is 0 Å². The van der Waals surface area contributed by atoms with Crippen LogP contribution >= 0.6 is 0 Å². The number of carbonyl (C=O) groups is 3. The first kappa shape index (κ1) is 14.0. The highest BCUT2D eigenvalue weighted by Crippen LogP contribution is 2.29. The van der Waals surface area contributed by atoms with Crippen LogP contribution in [0.5, 0.6) is 0 Å². The van der Waals surface area contributed by atoms with E-state index in [0.717, 1.165) is 4.90 Å². The minimum Gasteiger partial charge on any atom is -0.386 e. The van der Waals surface area contributed by atoms with Crippen LogP contribution in [0.25, 0.3) is 0 Å². The fourth-order valence-corrected chi connectivity index (χ4v) is 2.39. The molecular weight excluding hydrogens is 248 g/mol. The first-order valence-electron chi connectivity index (χ1n) is 6.67. The van der Waals surface area contributed by atoms with Crippen molar-refractivity contribution in [2.45, 2.75) is 38.7 Å². The molecule has 2 aliphatic heterocycles. The van der Waals surface area contributed by atoms with Crippen molar-refractivity contribution in [1.29, 1.82) is 0 Å². The van der Waals surface area contributed by atoms with Crippen molar-refractivity contribution in [1.82, 2.24) is 9.80 Å². The molecule has 0 saturated carbocycles. The van der Waals surface area contributed by atoms with Gasteiger partial charge in [-0.15, -0.1) is 0 Å². The molecule has 6 heteroatoms. The molecule has 2 saturated heterocycles. The second-order valence-corrected chi connectivity index (χ2v) is 5.70. The predicted octanol–water partition coefficient (Wildman–Crippen LogP) is -0.245. The predicted molar refractivity (Wildman–Crippen MR) is 66.9 cm³/mol. The van der Waals surface area contributed by atoms with Gasteiger partial charge in [-0.25, -0.2) is 0 Å². The Morgan fingerprint density at radius 3 is 2.26 bits per heavy atom. The summed E-state index contributed by atoms with van der Waals surface area (Å²) in [4.78, 5) is 37.4. The maximum Gasteiger partial charge on any atom is 0.229 e. The van der Waals surface area contributed by atoms with Crippen molar-refractivity contribution in [3.63, 3.8) is 0 Å². The number of rotatable bonds is 4. The number of hydrogen-bond donors (Lipinski definition) is 1. The molecule has 2 heterocycles. The van der Waals surface area contributed by atoms with E-state index in [1.165, 1.54) is 0 Å². The van der Waals surface area contributed by atoms with E-state index in [-0.39, 0.29) is 49.4 Å². The van der Waals surface area contributed by atoms with Gasteiger partial charge in [-0.1, -0.05) is 13.8 Å². The van der Waals surface area contributed by atoms with E-state index in [0.29, 0.717) is 13.1 Å². The van der Waals surface area contributed by atoms with Gasteiger partial charge < -0.3 is 10.0 Å². The van der Waals surface area contributed by atoms with E-state index in [9.17, 15) is 19.5 Å². The molecule has 106 valence electrons. The molecule has 0 aromatic carbocycles. The Kier molecular flexibility index (Phi) is 3.62. The van der Waals surface area contributed by atoms with E-state index in [4.69, 9.17) is 0 Å². The number of amides is 3. The summed E-state index contributed by atoms with van der Waals surface area (Å²) in [5, 5.41) is 10.1. The maximum atomic E-state index is 11.9. The van der Waals surface area contributed by atoms with Gasteiger partial charge in [0, 0.05) is 25.8 Å². The molecular formula is C13H20N2O4.